The summed E-state index contributed by atoms with van der Waals surface area (Å²) in [6.45, 7) is 0. The van der Waals surface area contributed by atoms with Crippen molar-refractivity contribution in [3.8, 4) is 0 Å². The molecular formula is C16H26N2O. The van der Waals surface area contributed by atoms with Crippen LogP contribution in [0, 0.1) is 23.7 Å². The third kappa shape index (κ3) is 1.77. The van der Waals surface area contributed by atoms with Gasteiger partial charge in [-0.25, -0.2) is 0 Å². The van der Waals surface area contributed by atoms with Gasteiger partial charge in [0.2, 0.25) is 5.91 Å². The molecule has 19 heavy (non-hydrogen) atoms. The highest BCUT2D eigenvalue weighted by Gasteiger charge is 2.54. The summed E-state index contributed by atoms with van der Waals surface area (Å²) in [6, 6.07) is 0.442. The summed E-state index contributed by atoms with van der Waals surface area (Å²) in [7, 11) is 0. The molecule has 0 radical (unpaired) electrons. The minimum absolute atomic E-state index is 0.150. The molecule has 3 N–H and O–H groups in total. The molecule has 4 aliphatic rings. The maximum atomic E-state index is 12.5. The molecule has 2 bridgehead atoms. The summed E-state index contributed by atoms with van der Waals surface area (Å²) in [5.74, 6) is 3.74. The molecule has 3 nitrogen and oxygen atoms in total. The van der Waals surface area contributed by atoms with Crippen molar-refractivity contribution in [3.05, 3.63) is 0 Å². The first-order valence-corrected chi connectivity index (χ1v) is 8.27. The Bertz CT molecular complexity index is 388. The molecule has 0 spiro atoms. The minimum atomic E-state index is -0.545. The monoisotopic (exact) mass is 262 g/mol. The molecule has 0 aromatic carbocycles. The summed E-state index contributed by atoms with van der Waals surface area (Å²) in [5, 5.41) is 3.34. The first-order chi connectivity index (χ1) is 9.17. The molecule has 1 amide bonds. The Balaban J connectivity index is 1.43. The Morgan fingerprint density at radius 1 is 1.00 bits per heavy atom. The van der Waals surface area contributed by atoms with Crippen molar-refractivity contribution < 1.29 is 4.79 Å². The van der Waals surface area contributed by atoms with E-state index in [2.05, 4.69) is 5.32 Å². The van der Waals surface area contributed by atoms with E-state index in [0.29, 0.717) is 6.04 Å². The quantitative estimate of drug-likeness (QED) is 0.801. The van der Waals surface area contributed by atoms with Crippen molar-refractivity contribution in [3.63, 3.8) is 0 Å². The van der Waals surface area contributed by atoms with Gasteiger partial charge in [-0.3, -0.25) is 4.79 Å². The zero-order chi connectivity index (χ0) is 13.0. The number of fused-ring (bicyclic) bond motifs is 5. The van der Waals surface area contributed by atoms with Gasteiger partial charge in [-0.15, -0.1) is 0 Å². The third-order valence-electron chi connectivity index (χ3n) is 6.69. The lowest BCUT2D eigenvalue weighted by atomic mass is 9.79. The molecule has 5 unspecified atom stereocenters. The lowest BCUT2D eigenvalue weighted by molar-refractivity contribution is -0.127. The second-order valence-corrected chi connectivity index (χ2v) is 7.60. The van der Waals surface area contributed by atoms with Crippen LogP contribution >= 0.6 is 0 Å². The van der Waals surface area contributed by atoms with E-state index in [9.17, 15) is 4.79 Å². The maximum absolute atomic E-state index is 12.5. The first-order valence-electron chi connectivity index (χ1n) is 8.27. The van der Waals surface area contributed by atoms with Gasteiger partial charge in [0.25, 0.3) is 0 Å². The highest BCUT2D eigenvalue weighted by Crippen LogP contribution is 2.58. The number of carbonyl (C=O) groups is 1. The maximum Gasteiger partial charge on any atom is 0.240 e. The molecule has 0 aromatic heterocycles. The average molecular weight is 262 g/mol. The van der Waals surface area contributed by atoms with Crippen molar-refractivity contribution in [2.24, 2.45) is 29.4 Å². The second kappa shape index (κ2) is 4.21. The molecular weight excluding hydrogens is 236 g/mol. The van der Waals surface area contributed by atoms with Crippen LogP contribution in [0.4, 0.5) is 0 Å². The molecule has 106 valence electrons. The molecule has 4 rings (SSSR count). The summed E-state index contributed by atoms with van der Waals surface area (Å²) < 4.78 is 0. The van der Waals surface area contributed by atoms with Crippen LogP contribution < -0.4 is 11.1 Å². The first kappa shape index (κ1) is 12.2. The van der Waals surface area contributed by atoms with Crippen LogP contribution in [-0.4, -0.2) is 17.5 Å². The highest BCUT2D eigenvalue weighted by atomic mass is 16.2. The van der Waals surface area contributed by atoms with Crippen LogP contribution in [0.2, 0.25) is 0 Å². The fraction of sp³-hybridized carbons (Fsp3) is 0.938. The predicted octanol–water partition coefficient (Wildman–Crippen LogP) is 2.20. The minimum Gasteiger partial charge on any atom is -0.351 e. The van der Waals surface area contributed by atoms with E-state index in [1.54, 1.807) is 0 Å². The van der Waals surface area contributed by atoms with Crippen LogP contribution in [0.15, 0.2) is 0 Å². The highest BCUT2D eigenvalue weighted by molar-refractivity contribution is 5.86. The van der Waals surface area contributed by atoms with Crippen molar-refractivity contribution in [1.29, 1.82) is 0 Å². The fourth-order valence-electron chi connectivity index (χ4n) is 5.78. The van der Waals surface area contributed by atoms with Gasteiger partial charge in [-0.05, 0) is 62.2 Å². The standard InChI is InChI=1S/C16H26N2O/c17-16(6-1-2-7-16)15(19)18-14-9-10-8-13(14)12-5-3-4-11(10)12/h10-14H,1-9,17H2,(H,18,19). The zero-order valence-electron chi connectivity index (χ0n) is 11.7. The molecule has 0 heterocycles. The van der Waals surface area contributed by atoms with Crippen LogP contribution in [0.25, 0.3) is 0 Å². The normalized spacial score (nSPS) is 46.5. The topological polar surface area (TPSA) is 55.1 Å². The molecule has 5 atom stereocenters. The smallest absolute Gasteiger partial charge is 0.240 e. The Morgan fingerprint density at radius 2 is 1.74 bits per heavy atom. The SMILES string of the molecule is NC1(C(=O)NC2CC3CC2C2CCCC32)CCCC1. The van der Waals surface area contributed by atoms with Gasteiger partial charge in [0, 0.05) is 6.04 Å². The van der Waals surface area contributed by atoms with Gasteiger partial charge in [-0.1, -0.05) is 19.3 Å². The van der Waals surface area contributed by atoms with E-state index in [1.807, 2.05) is 0 Å². The fourth-order valence-corrected chi connectivity index (χ4v) is 5.78. The Kier molecular flexibility index (Phi) is 2.70. The van der Waals surface area contributed by atoms with Gasteiger partial charge < -0.3 is 11.1 Å². The number of nitrogens with two attached hydrogens (primary N) is 1. The number of nitrogens with one attached hydrogen (secondary N) is 1. The Morgan fingerprint density at radius 3 is 2.53 bits per heavy atom. The van der Waals surface area contributed by atoms with Gasteiger partial charge in [0.15, 0.2) is 0 Å². The number of hydrogen-bond donors (Lipinski definition) is 2. The lowest BCUT2D eigenvalue weighted by Crippen LogP contribution is -2.56. The molecule has 0 aliphatic heterocycles. The number of amides is 1. The van der Waals surface area contributed by atoms with Gasteiger partial charge in [-0.2, -0.15) is 0 Å². The summed E-state index contributed by atoms with van der Waals surface area (Å²) in [5.41, 5.74) is 5.73. The van der Waals surface area contributed by atoms with E-state index >= 15 is 0 Å². The van der Waals surface area contributed by atoms with E-state index in [-0.39, 0.29) is 5.91 Å². The van der Waals surface area contributed by atoms with Gasteiger partial charge in [0.1, 0.15) is 0 Å². The summed E-state index contributed by atoms with van der Waals surface area (Å²) in [6.07, 6.45) is 10.9. The van der Waals surface area contributed by atoms with Crippen molar-refractivity contribution >= 4 is 5.91 Å². The molecule has 4 saturated carbocycles. The molecule has 0 saturated heterocycles. The molecule has 3 heteroatoms. The lowest BCUT2D eigenvalue weighted by Gasteiger charge is -2.34. The van der Waals surface area contributed by atoms with Crippen LogP contribution in [0.3, 0.4) is 0 Å². The van der Waals surface area contributed by atoms with Crippen molar-refractivity contribution in [2.45, 2.75) is 69.4 Å². The number of rotatable bonds is 2. The van der Waals surface area contributed by atoms with Crippen LogP contribution in [0.1, 0.15) is 57.8 Å². The zero-order valence-corrected chi connectivity index (χ0v) is 11.7. The van der Waals surface area contributed by atoms with Crippen molar-refractivity contribution in [1.82, 2.24) is 5.32 Å². The van der Waals surface area contributed by atoms with Crippen LogP contribution in [-0.2, 0) is 4.79 Å². The molecule has 4 aliphatic carbocycles. The summed E-state index contributed by atoms with van der Waals surface area (Å²) >= 11 is 0. The third-order valence-corrected chi connectivity index (χ3v) is 6.69. The molecule has 4 fully saturated rings. The number of hydrogen-bond acceptors (Lipinski definition) is 2. The van der Waals surface area contributed by atoms with Crippen molar-refractivity contribution in [2.75, 3.05) is 0 Å². The van der Waals surface area contributed by atoms with E-state index < -0.39 is 5.54 Å². The Labute approximate surface area is 115 Å². The predicted molar refractivity (Wildman–Crippen MR) is 74.4 cm³/mol. The summed E-state index contributed by atoms with van der Waals surface area (Å²) in [4.78, 5) is 12.5. The Hall–Kier alpha value is -0.570. The molecule has 0 aromatic rings. The van der Waals surface area contributed by atoms with E-state index in [4.69, 9.17) is 5.73 Å². The van der Waals surface area contributed by atoms with Crippen LogP contribution in [0.5, 0.6) is 0 Å². The number of carbonyl (C=O) groups excluding carboxylic acids is 1. The van der Waals surface area contributed by atoms with Gasteiger partial charge in [0.05, 0.1) is 5.54 Å². The second-order valence-electron chi connectivity index (χ2n) is 7.60. The largest absolute Gasteiger partial charge is 0.351 e. The van der Waals surface area contributed by atoms with E-state index in [0.717, 1.165) is 49.4 Å². The average Bonchev–Trinajstić information content (AvgIpc) is 3.08. The van der Waals surface area contributed by atoms with Gasteiger partial charge >= 0.3 is 0 Å². The van der Waals surface area contributed by atoms with E-state index in [1.165, 1.54) is 32.1 Å².